The zero-order valence-electron chi connectivity index (χ0n) is 14.5. The Morgan fingerprint density at radius 1 is 1.48 bits per heavy atom. The minimum atomic E-state index is -1.22. The van der Waals surface area contributed by atoms with Crippen LogP contribution in [0.3, 0.4) is 0 Å². The summed E-state index contributed by atoms with van der Waals surface area (Å²) < 4.78 is 19.6. The third-order valence-corrected chi connectivity index (χ3v) is 5.87. The highest BCUT2D eigenvalue weighted by Crippen LogP contribution is 2.25. The number of methoxy groups -OCH3 is 1. The fraction of sp³-hybridized carbons (Fsp3) is 0.733. The first-order valence-corrected chi connectivity index (χ1v) is 9.49. The van der Waals surface area contributed by atoms with Crippen molar-refractivity contribution in [2.45, 2.75) is 57.9 Å². The summed E-state index contributed by atoms with van der Waals surface area (Å²) in [5.74, 6) is -0.330. The third kappa shape index (κ3) is 5.95. The molecule has 0 bridgehead atoms. The number of aliphatic hydroxyl groups is 1. The van der Waals surface area contributed by atoms with Crippen LogP contribution in [-0.4, -0.2) is 38.2 Å². The number of rotatable bonds is 7. The van der Waals surface area contributed by atoms with E-state index in [4.69, 9.17) is 0 Å². The van der Waals surface area contributed by atoms with Gasteiger partial charge in [-0.15, -0.1) is 11.3 Å². The topological polar surface area (TPSA) is 88.5 Å². The van der Waals surface area contributed by atoms with Gasteiger partial charge in [0.2, 0.25) is 0 Å². The molecule has 3 unspecified atom stereocenters. The summed E-state index contributed by atoms with van der Waals surface area (Å²) >= 11 is 1.21. The lowest BCUT2D eigenvalue weighted by Gasteiger charge is -2.27. The molecule has 0 fully saturated rings. The summed E-state index contributed by atoms with van der Waals surface area (Å²) in [6.45, 7) is 9.70. The number of esters is 1. The molecule has 1 aromatic heterocycles. The average molecular weight is 363 g/mol. The quantitative estimate of drug-likeness (QED) is 0.727. The Morgan fingerprint density at radius 2 is 2.09 bits per heavy atom. The van der Waals surface area contributed by atoms with Crippen LogP contribution < -0.4 is 4.72 Å². The number of ether oxygens (including phenoxy) is 1. The van der Waals surface area contributed by atoms with E-state index in [0.29, 0.717) is 11.4 Å². The molecule has 132 valence electrons. The molecule has 0 saturated heterocycles. The fourth-order valence-electron chi connectivity index (χ4n) is 1.75. The van der Waals surface area contributed by atoms with Gasteiger partial charge in [0.15, 0.2) is 5.69 Å². The second kappa shape index (κ2) is 8.32. The van der Waals surface area contributed by atoms with Crippen molar-refractivity contribution >= 4 is 28.3 Å². The van der Waals surface area contributed by atoms with Crippen LogP contribution in [0, 0.1) is 5.92 Å². The first kappa shape index (κ1) is 20.2. The first-order valence-electron chi connectivity index (χ1n) is 7.46. The van der Waals surface area contributed by atoms with Crippen molar-refractivity contribution in [3.63, 3.8) is 0 Å². The molecule has 0 aliphatic carbocycles. The largest absolute Gasteiger partial charge is 0.464 e. The monoisotopic (exact) mass is 362 g/mol. The molecule has 6 nitrogen and oxygen atoms in total. The minimum absolute atomic E-state index is 0.129. The van der Waals surface area contributed by atoms with Crippen LogP contribution in [0.5, 0.6) is 0 Å². The van der Waals surface area contributed by atoms with Crippen molar-refractivity contribution in [3.8, 4) is 0 Å². The number of aliphatic hydroxyl groups excluding tert-OH is 1. The molecule has 0 aliphatic rings. The fourth-order valence-corrected chi connectivity index (χ4v) is 3.53. The van der Waals surface area contributed by atoms with Gasteiger partial charge in [-0.05, 0) is 33.1 Å². The molecular weight excluding hydrogens is 336 g/mol. The Morgan fingerprint density at radius 3 is 2.57 bits per heavy atom. The molecule has 0 spiro atoms. The predicted molar refractivity (Wildman–Crippen MR) is 92.7 cm³/mol. The Balaban J connectivity index is 2.78. The standard InChI is InChI=1S/C15H26N2O4S2/c1-9(2)10(17-23(20)15(3,4)5)7-12(18)13-16-11(8-22-13)14(19)21-6/h8-10,12,17-18H,7H2,1-6H3. The van der Waals surface area contributed by atoms with E-state index in [9.17, 15) is 14.1 Å². The van der Waals surface area contributed by atoms with E-state index in [1.54, 1.807) is 5.38 Å². The maximum absolute atomic E-state index is 12.3. The van der Waals surface area contributed by atoms with Crippen LogP contribution >= 0.6 is 11.3 Å². The molecule has 8 heteroatoms. The van der Waals surface area contributed by atoms with Gasteiger partial charge in [0.1, 0.15) is 11.1 Å². The van der Waals surface area contributed by atoms with Crippen molar-refractivity contribution in [1.29, 1.82) is 0 Å². The molecule has 1 heterocycles. The van der Waals surface area contributed by atoms with Gasteiger partial charge in [0.25, 0.3) is 0 Å². The van der Waals surface area contributed by atoms with Crippen LogP contribution in [0.25, 0.3) is 0 Å². The highest BCUT2D eigenvalue weighted by atomic mass is 32.2. The third-order valence-electron chi connectivity index (χ3n) is 3.30. The second-order valence-corrected chi connectivity index (χ2v) is 9.55. The van der Waals surface area contributed by atoms with Gasteiger partial charge in [-0.3, -0.25) is 0 Å². The lowest BCUT2D eigenvalue weighted by Crippen LogP contribution is -2.43. The summed E-state index contributed by atoms with van der Waals surface area (Å²) in [6, 6.07) is -0.129. The van der Waals surface area contributed by atoms with Gasteiger partial charge in [-0.25, -0.2) is 18.7 Å². The molecule has 0 saturated carbocycles. The number of nitrogens with zero attached hydrogens (tertiary/aromatic N) is 1. The van der Waals surface area contributed by atoms with E-state index in [0.717, 1.165) is 0 Å². The SMILES string of the molecule is COC(=O)c1csc(C(O)CC(NS(=O)C(C)(C)C)C(C)C)n1. The number of carbonyl (C=O) groups excluding carboxylic acids is 1. The summed E-state index contributed by atoms with van der Waals surface area (Å²) in [7, 11) is 0.0734. The van der Waals surface area contributed by atoms with Crippen molar-refractivity contribution < 1.29 is 18.8 Å². The molecule has 3 atom stereocenters. The molecule has 1 aromatic rings. The van der Waals surface area contributed by atoms with E-state index in [-0.39, 0.29) is 22.4 Å². The lowest BCUT2D eigenvalue weighted by atomic mass is 9.99. The van der Waals surface area contributed by atoms with Crippen LogP contribution in [0.1, 0.15) is 62.6 Å². The number of hydrogen-bond acceptors (Lipinski definition) is 6. The maximum Gasteiger partial charge on any atom is 0.357 e. The van der Waals surface area contributed by atoms with E-state index in [2.05, 4.69) is 14.4 Å². The molecule has 1 rings (SSSR count). The van der Waals surface area contributed by atoms with E-state index in [1.165, 1.54) is 18.4 Å². The number of thiazole rings is 1. The molecular formula is C15H26N2O4S2. The highest BCUT2D eigenvalue weighted by Gasteiger charge is 2.27. The predicted octanol–water partition coefficient (Wildman–Crippen LogP) is 2.43. The molecule has 0 aromatic carbocycles. The van der Waals surface area contributed by atoms with Gasteiger partial charge >= 0.3 is 5.97 Å². The first-order chi connectivity index (χ1) is 10.6. The summed E-state index contributed by atoms with van der Waals surface area (Å²) in [4.78, 5) is 15.5. The van der Waals surface area contributed by atoms with Gasteiger partial charge in [0, 0.05) is 11.4 Å². The van der Waals surface area contributed by atoms with Gasteiger partial charge < -0.3 is 9.84 Å². The Labute approximate surface area is 144 Å². The van der Waals surface area contributed by atoms with Crippen LogP contribution in [0.15, 0.2) is 5.38 Å². The Kier molecular flexibility index (Phi) is 7.31. The molecule has 0 radical (unpaired) electrons. The summed E-state index contributed by atoms with van der Waals surface area (Å²) in [6.07, 6.45) is -0.455. The zero-order valence-corrected chi connectivity index (χ0v) is 16.1. The average Bonchev–Trinajstić information content (AvgIpc) is 2.94. The Bertz CT molecular complexity index is 552. The van der Waals surface area contributed by atoms with E-state index >= 15 is 0 Å². The van der Waals surface area contributed by atoms with Crippen LogP contribution in [0.4, 0.5) is 0 Å². The van der Waals surface area contributed by atoms with Gasteiger partial charge in [0.05, 0.1) is 22.8 Å². The zero-order chi connectivity index (χ0) is 17.8. The van der Waals surface area contributed by atoms with Crippen LogP contribution in [-0.2, 0) is 15.7 Å². The molecule has 23 heavy (non-hydrogen) atoms. The smallest absolute Gasteiger partial charge is 0.357 e. The van der Waals surface area contributed by atoms with Gasteiger partial charge in [-0.2, -0.15) is 0 Å². The number of aromatic nitrogens is 1. The van der Waals surface area contributed by atoms with Crippen molar-refractivity contribution in [3.05, 3.63) is 16.1 Å². The summed E-state index contributed by atoms with van der Waals surface area (Å²) in [5, 5.41) is 12.4. The minimum Gasteiger partial charge on any atom is -0.464 e. The number of nitrogens with one attached hydrogen (secondary N) is 1. The van der Waals surface area contributed by atoms with Crippen molar-refractivity contribution in [1.82, 2.24) is 9.71 Å². The highest BCUT2D eigenvalue weighted by molar-refractivity contribution is 7.84. The van der Waals surface area contributed by atoms with Gasteiger partial charge in [-0.1, -0.05) is 13.8 Å². The van der Waals surface area contributed by atoms with E-state index < -0.39 is 23.1 Å². The van der Waals surface area contributed by atoms with Crippen molar-refractivity contribution in [2.75, 3.05) is 7.11 Å². The van der Waals surface area contributed by atoms with E-state index in [1.807, 2.05) is 34.6 Å². The summed E-state index contributed by atoms with van der Waals surface area (Å²) in [5.41, 5.74) is 0.193. The maximum atomic E-state index is 12.3. The van der Waals surface area contributed by atoms with Crippen molar-refractivity contribution in [2.24, 2.45) is 5.92 Å². The normalized spacial score (nSPS) is 16.2. The molecule has 2 N–H and O–H groups in total. The molecule has 0 amide bonds. The Hall–Kier alpha value is -0.830. The van der Waals surface area contributed by atoms with Crippen LogP contribution in [0.2, 0.25) is 0 Å². The molecule has 0 aliphatic heterocycles. The number of carbonyl (C=O) groups is 1. The lowest BCUT2D eigenvalue weighted by molar-refractivity contribution is 0.0594. The second-order valence-electron chi connectivity index (χ2n) is 6.66. The number of hydrogen-bond donors (Lipinski definition) is 2.